The van der Waals surface area contributed by atoms with Gasteiger partial charge in [-0.05, 0) is 19.9 Å². The van der Waals surface area contributed by atoms with Gasteiger partial charge in [0.1, 0.15) is 5.56 Å². The normalized spacial score (nSPS) is 15.7. The molecule has 0 radical (unpaired) electrons. The lowest BCUT2D eigenvalue weighted by Gasteiger charge is -2.26. The molecule has 3 rings (SSSR count). The molecule has 0 bridgehead atoms. The molecule has 6 nitrogen and oxygen atoms in total. The van der Waals surface area contributed by atoms with Crippen LogP contribution in [0.15, 0.2) is 12.3 Å². The van der Waals surface area contributed by atoms with Crippen molar-refractivity contribution >= 4 is 11.6 Å². The Morgan fingerprint density at radius 1 is 1.50 bits per heavy atom. The van der Waals surface area contributed by atoms with Crippen molar-refractivity contribution in [3.05, 3.63) is 29.2 Å². The number of aromatic nitrogens is 3. The Hall–Kier alpha value is -1.95. The first kappa shape index (κ1) is 11.2. The predicted octanol–water partition coefficient (Wildman–Crippen LogP) is 0.475. The summed E-state index contributed by atoms with van der Waals surface area (Å²) in [7, 11) is 0. The summed E-state index contributed by atoms with van der Waals surface area (Å²) in [5, 5.41) is 7.09. The smallest absolute Gasteiger partial charge is 0.257 e. The van der Waals surface area contributed by atoms with E-state index in [1.165, 1.54) is 0 Å². The molecule has 0 spiro atoms. The summed E-state index contributed by atoms with van der Waals surface area (Å²) in [6, 6.07) is 2.04. The summed E-state index contributed by atoms with van der Waals surface area (Å²) in [5.74, 6) is -0.143. The zero-order valence-electron chi connectivity index (χ0n) is 10.3. The van der Waals surface area contributed by atoms with E-state index >= 15 is 0 Å². The van der Waals surface area contributed by atoms with Crippen LogP contribution in [-0.2, 0) is 4.74 Å². The highest BCUT2D eigenvalue weighted by atomic mass is 16.5. The van der Waals surface area contributed by atoms with Crippen molar-refractivity contribution in [2.24, 2.45) is 0 Å². The number of hydrogen-bond donors (Lipinski definition) is 1. The molecule has 0 aliphatic carbocycles. The minimum atomic E-state index is -0.143. The molecule has 1 saturated heterocycles. The lowest BCUT2D eigenvalue weighted by molar-refractivity contribution is -0.00343. The van der Waals surface area contributed by atoms with Gasteiger partial charge in [0.15, 0.2) is 5.65 Å². The second-order valence-corrected chi connectivity index (χ2v) is 4.54. The molecule has 6 heteroatoms. The molecule has 0 atom stereocenters. The highest BCUT2D eigenvalue weighted by molar-refractivity contribution is 5.99. The molecule has 1 fully saturated rings. The van der Waals surface area contributed by atoms with Gasteiger partial charge in [-0.25, -0.2) is 9.50 Å². The van der Waals surface area contributed by atoms with Gasteiger partial charge in [-0.2, -0.15) is 5.10 Å². The monoisotopic (exact) mass is 246 g/mol. The van der Waals surface area contributed by atoms with E-state index < -0.39 is 0 Å². The summed E-state index contributed by atoms with van der Waals surface area (Å²) >= 11 is 0. The van der Waals surface area contributed by atoms with Crippen molar-refractivity contribution in [3.63, 3.8) is 0 Å². The molecule has 1 amide bonds. The van der Waals surface area contributed by atoms with Crippen molar-refractivity contribution in [2.75, 3.05) is 13.2 Å². The number of nitrogens with one attached hydrogen (secondary N) is 1. The Morgan fingerprint density at radius 3 is 2.94 bits per heavy atom. The third-order valence-electron chi connectivity index (χ3n) is 3.00. The number of carbonyl (C=O) groups is 1. The number of carbonyl (C=O) groups excluding carboxylic acids is 1. The predicted molar refractivity (Wildman–Crippen MR) is 64.5 cm³/mol. The van der Waals surface area contributed by atoms with Crippen LogP contribution in [0.2, 0.25) is 0 Å². The van der Waals surface area contributed by atoms with Crippen molar-refractivity contribution in [3.8, 4) is 0 Å². The van der Waals surface area contributed by atoms with Gasteiger partial charge in [-0.3, -0.25) is 4.79 Å². The average Bonchev–Trinajstić information content (AvgIpc) is 2.67. The van der Waals surface area contributed by atoms with Crippen molar-refractivity contribution < 1.29 is 9.53 Å². The Morgan fingerprint density at radius 2 is 2.28 bits per heavy atom. The molecule has 1 aliphatic rings. The maximum Gasteiger partial charge on any atom is 0.257 e. The standard InChI is InChI=1S/C12H14N4O2/c1-7-3-8(2)16-11(14-7)10(4-13-16)12(17)15-9-5-18-6-9/h3-4,9H,5-6H2,1-2H3,(H,15,17). The minimum Gasteiger partial charge on any atom is -0.377 e. The number of rotatable bonds is 2. The van der Waals surface area contributed by atoms with Crippen LogP contribution in [0.4, 0.5) is 0 Å². The van der Waals surface area contributed by atoms with Gasteiger partial charge in [-0.1, -0.05) is 0 Å². The van der Waals surface area contributed by atoms with Gasteiger partial charge in [0.05, 0.1) is 25.5 Å². The number of ether oxygens (including phenoxy) is 1. The summed E-state index contributed by atoms with van der Waals surface area (Å²) in [6.45, 7) is 5.00. The van der Waals surface area contributed by atoms with Crippen LogP contribution in [0.3, 0.4) is 0 Å². The summed E-state index contributed by atoms with van der Waals surface area (Å²) in [6.07, 6.45) is 1.56. The van der Waals surface area contributed by atoms with Crippen molar-refractivity contribution in [1.82, 2.24) is 19.9 Å². The largest absolute Gasteiger partial charge is 0.377 e. The molecule has 18 heavy (non-hydrogen) atoms. The Kier molecular flexibility index (Phi) is 2.52. The molecule has 0 aromatic carbocycles. The fraction of sp³-hybridized carbons (Fsp3) is 0.417. The van der Waals surface area contributed by atoms with Gasteiger partial charge in [0.25, 0.3) is 5.91 Å². The Bertz CT molecular complexity index is 616. The lowest BCUT2D eigenvalue weighted by atomic mass is 10.2. The van der Waals surface area contributed by atoms with E-state index in [1.807, 2.05) is 19.9 Å². The molecular weight excluding hydrogens is 232 g/mol. The summed E-state index contributed by atoms with van der Waals surface area (Å²) in [5.41, 5.74) is 2.95. The van der Waals surface area contributed by atoms with E-state index in [4.69, 9.17) is 4.74 Å². The van der Waals surface area contributed by atoms with E-state index in [0.29, 0.717) is 24.4 Å². The number of fused-ring (bicyclic) bond motifs is 1. The van der Waals surface area contributed by atoms with Crippen LogP contribution in [0.5, 0.6) is 0 Å². The van der Waals surface area contributed by atoms with Crippen LogP contribution in [0, 0.1) is 13.8 Å². The van der Waals surface area contributed by atoms with Crippen molar-refractivity contribution in [1.29, 1.82) is 0 Å². The molecule has 0 saturated carbocycles. The molecule has 2 aromatic heterocycles. The van der Waals surface area contributed by atoms with Gasteiger partial charge >= 0.3 is 0 Å². The van der Waals surface area contributed by atoms with E-state index in [1.54, 1.807) is 10.7 Å². The fourth-order valence-electron chi connectivity index (χ4n) is 2.01. The van der Waals surface area contributed by atoms with Gasteiger partial charge in [0, 0.05) is 11.4 Å². The zero-order valence-corrected chi connectivity index (χ0v) is 10.3. The fourth-order valence-corrected chi connectivity index (χ4v) is 2.01. The second kappa shape index (κ2) is 4.06. The van der Waals surface area contributed by atoms with Crippen LogP contribution >= 0.6 is 0 Å². The van der Waals surface area contributed by atoms with Gasteiger partial charge in [0.2, 0.25) is 0 Å². The highest BCUT2D eigenvalue weighted by Crippen LogP contribution is 2.12. The average molecular weight is 246 g/mol. The molecule has 1 aliphatic heterocycles. The molecule has 0 unspecified atom stereocenters. The molecular formula is C12H14N4O2. The lowest BCUT2D eigenvalue weighted by Crippen LogP contribution is -2.48. The first-order chi connectivity index (χ1) is 8.65. The maximum absolute atomic E-state index is 12.1. The first-order valence-electron chi connectivity index (χ1n) is 5.86. The number of nitrogens with zero attached hydrogens (tertiary/aromatic N) is 3. The van der Waals surface area contributed by atoms with E-state index in [-0.39, 0.29) is 11.9 Å². The first-order valence-corrected chi connectivity index (χ1v) is 5.86. The molecule has 1 N–H and O–H groups in total. The number of hydrogen-bond acceptors (Lipinski definition) is 4. The van der Waals surface area contributed by atoms with Crippen molar-refractivity contribution in [2.45, 2.75) is 19.9 Å². The SMILES string of the molecule is Cc1cc(C)n2ncc(C(=O)NC3COC3)c2n1. The summed E-state index contributed by atoms with van der Waals surface area (Å²) < 4.78 is 6.71. The minimum absolute atomic E-state index is 0.110. The summed E-state index contributed by atoms with van der Waals surface area (Å²) in [4.78, 5) is 16.5. The van der Waals surface area contributed by atoms with Gasteiger partial charge < -0.3 is 10.1 Å². The Labute approximate surface area is 104 Å². The van der Waals surface area contributed by atoms with Crippen LogP contribution in [-0.4, -0.2) is 39.8 Å². The van der Waals surface area contributed by atoms with Crippen LogP contribution in [0.1, 0.15) is 21.7 Å². The third-order valence-corrected chi connectivity index (χ3v) is 3.00. The zero-order chi connectivity index (χ0) is 12.7. The van der Waals surface area contributed by atoms with Crippen LogP contribution in [0.25, 0.3) is 5.65 Å². The molecule has 94 valence electrons. The number of aryl methyl sites for hydroxylation is 2. The van der Waals surface area contributed by atoms with E-state index in [0.717, 1.165) is 11.4 Å². The maximum atomic E-state index is 12.1. The highest BCUT2D eigenvalue weighted by Gasteiger charge is 2.23. The second-order valence-electron chi connectivity index (χ2n) is 4.54. The molecule has 3 heterocycles. The third kappa shape index (κ3) is 1.74. The topological polar surface area (TPSA) is 68.5 Å². The van der Waals surface area contributed by atoms with E-state index in [2.05, 4.69) is 15.4 Å². The number of amides is 1. The van der Waals surface area contributed by atoms with E-state index in [9.17, 15) is 4.79 Å². The van der Waals surface area contributed by atoms with Crippen LogP contribution < -0.4 is 5.32 Å². The van der Waals surface area contributed by atoms with Gasteiger partial charge in [-0.15, -0.1) is 0 Å². The molecule has 2 aromatic rings. The quantitative estimate of drug-likeness (QED) is 0.836. The Balaban J connectivity index is 1.98.